The van der Waals surface area contributed by atoms with Gasteiger partial charge in [-0.25, -0.2) is 4.39 Å². The van der Waals surface area contributed by atoms with Gasteiger partial charge in [-0.05, 0) is 30.7 Å². The summed E-state index contributed by atoms with van der Waals surface area (Å²) >= 11 is 0. The maximum atomic E-state index is 14.0. The lowest BCUT2D eigenvalue weighted by Gasteiger charge is -2.13. The average Bonchev–Trinajstić information content (AvgIpc) is 2.34. The summed E-state index contributed by atoms with van der Waals surface area (Å²) in [5.41, 5.74) is 6.54. The number of hydrogen-bond donors (Lipinski definition) is 1. The van der Waals surface area contributed by atoms with Crippen molar-refractivity contribution in [2.24, 2.45) is 0 Å². The van der Waals surface area contributed by atoms with E-state index in [1.807, 2.05) is 0 Å². The van der Waals surface area contributed by atoms with E-state index in [-0.39, 0.29) is 16.8 Å². The van der Waals surface area contributed by atoms with Crippen molar-refractivity contribution in [2.75, 3.05) is 5.73 Å². The third-order valence-corrected chi connectivity index (χ3v) is 2.74. The molecule has 0 aliphatic heterocycles. The van der Waals surface area contributed by atoms with E-state index in [1.165, 1.54) is 12.1 Å². The molecule has 0 saturated heterocycles. The van der Waals surface area contributed by atoms with Crippen LogP contribution >= 0.6 is 0 Å². The second kappa shape index (κ2) is 5.03. The van der Waals surface area contributed by atoms with Gasteiger partial charge in [0.2, 0.25) is 0 Å². The Bertz CT molecular complexity index is 638. The summed E-state index contributed by atoms with van der Waals surface area (Å²) in [4.78, 5) is 0. The lowest BCUT2D eigenvalue weighted by atomic mass is 10.0. The van der Waals surface area contributed by atoms with Crippen LogP contribution in [0.4, 0.5) is 23.2 Å². The first-order valence-corrected chi connectivity index (χ1v) is 5.68. The SMILES string of the molecule is Cc1cccc(-c2cc(OC(F)(F)F)ccc2N)c1F. The molecule has 0 aliphatic rings. The lowest BCUT2D eigenvalue weighted by molar-refractivity contribution is -0.274. The van der Waals surface area contributed by atoms with Gasteiger partial charge >= 0.3 is 6.36 Å². The molecule has 0 amide bonds. The standard InChI is InChI=1S/C14H11F4NO/c1-8-3-2-4-10(13(8)15)11-7-9(5-6-12(11)19)20-14(16,17)18/h2-7H,19H2,1H3. The van der Waals surface area contributed by atoms with Crippen molar-refractivity contribution >= 4 is 5.69 Å². The van der Waals surface area contributed by atoms with Crippen LogP contribution in [0.3, 0.4) is 0 Å². The third kappa shape index (κ3) is 3.01. The van der Waals surface area contributed by atoms with Crippen LogP contribution in [0.1, 0.15) is 5.56 Å². The summed E-state index contributed by atoms with van der Waals surface area (Å²) in [6.45, 7) is 1.56. The molecule has 0 aliphatic carbocycles. The van der Waals surface area contributed by atoms with Crippen LogP contribution in [0, 0.1) is 12.7 Å². The monoisotopic (exact) mass is 285 g/mol. The zero-order valence-corrected chi connectivity index (χ0v) is 10.5. The quantitative estimate of drug-likeness (QED) is 0.660. The zero-order valence-electron chi connectivity index (χ0n) is 10.5. The van der Waals surface area contributed by atoms with Crippen LogP contribution in [0.25, 0.3) is 11.1 Å². The Morgan fingerprint density at radius 2 is 1.75 bits per heavy atom. The van der Waals surface area contributed by atoms with E-state index in [2.05, 4.69) is 4.74 Å². The van der Waals surface area contributed by atoms with Gasteiger partial charge in [0.25, 0.3) is 0 Å². The Labute approximate surface area is 112 Å². The topological polar surface area (TPSA) is 35.2 Å². The van der Waals surface area contributed by atoms with Crippen LogP contribution in [-0.4, -0.2) is 6.36 Å². The third-order valence-electron chi connectivity index (χ3n) is 2.74. The van der Waals surface area contributed by atoms with E-state index in [0.717, 1.165) is 12.1 Å². The van der Waals surface area contributed by atoms with Crippen LogP contribution in [-0.2, 0) is 0 Å². The maximum absolute atomic E-state index is 14.0. The van der Waals surface area contributed by atoms with Crippen molar-refractivity contribution in [3.8, 4) is 16.9 Å². The summed E-state index contributed by atoms with van der Waals surface area (Å²) in [6.07, 6.45) is -4.81. The Balaban J connectivity index is 2.51. The maximum Gasteiger partial charge on any atom is 0.573 e. The molecular weight excluding hydrogens is 274 g/mol. The average molecular weight is 285 g/mol. The van der Waals surface area contributed by atoms with Gasteiger partial charge in [-0.2, -0.15) is 0 Å². The molecule has 0 radical (unpaired) electrons. The highest BCUT2D eigenvalue weighted by Crippen LogP contribution is 2.34. The number of anilines is 1. The molecule has 2 nitrogen and oxygen atoms in total. The smallest absolute Gasteiger partial charge is 0.406 e. The number of halogens is 4. The van der Waals surface area contributed by atoms with E-state index >= 15 is 0 Å². The number of nitrogens with two attached hydrogens (primary N) is 1. The van der Waals surface area contributed by atoms with Gasteiger partial charge in [0.05, 0.1) is 0 Å². The van der Waals surface area contributed by atoms with E-state index in [9.17, 15) is 17.6 Å². The largest absolute Gasteiger partial charge is 0.573 e. The molecule has 106 valence electrons. The normalized spacial score (nSPS) is 11.4. The second-order valence-electron chi connectivity index (χ2n) is 4.23. The van der Waals surface area contributed by atoms with Crippen LogP contribution in [0.15, 0.2) is 36.4 Å². The summed E-state index contributed by atoms with van der Waals surface area (Å²) in [5.74, 6) is -0.967. The fourth-order valence-electron chi connectivity index (χ4n) is 1.82. The molecule has 0 spiro atoms. The molecule has 0 fully saturated rings. The van der Waals surface area contributed by atoms with Gasteiger partial charge in [0.1, 0.15) is 11.6 Å². The lowest BCUT2D eigenvalue weighted by Crippen LogP contribution is -2.17. The molecular formula is C14H11F4NO. The molecule has 2 N–H and O–H groups in total. The number of alkyl halides is 3. The molecule has 2 rings (SSSR count). The minimum Gasteiger partial charge on any atom is -0.406 e. The summed E-state index contributed by atoms with van der Waals surface area (Å²) in [7, 11) is 0. The number of aryl methyl sites for hydroxylation is 1. The van der Waals surface area contributed by atoms with Gasteiger partial charge < -0.3 is 10.5 Å². The molecule has 0 atom stereocenters. The molecule has 0 aromatic heterocycles. The van der Waals surface area contributed by atoms with E-state index in [0.29, 0.717) is 5.56 Å². The highest BCUT2D eigenvalue weighted by atomic mass is 19.4. The van der Waals surface area contributed by atoms with Crippen molar-refractivity contribution in [1.82, 2.24) is 0 Å². The van der Waals surface area contributed by atoms with Crippen molar-refractivity contribution < 1.29 is 22.3 Å². The summed E-state index contributed by atoms with van der Waals surface area (Å²) in [6, 6.07) is 8.01. The van der Waals surface area contributed by atoms with Crippen LogP contribution < -0.4 is 10.5 Å². The first-order chi connectivity index (χ1) is 9.28. The second-order valence-corrected chi connectivity index (χ2v) is 4.23. The Kier molecular flexibility index (Phi) is 3.57. The van der Waals surface area contributed by atoms with Crippen molar-refractivity contribution in [3.05, 3.63) is 47.8 Å². The van der Waals surface area contributed by atoms with Gasteiger partial charge in [0, 0.05) is 16.8 Å². The molecule has 0 heterocycles. The number of rotatable bonds is 2. The highest BCUT2D eigenvalue weighted by Gasteiger charge is 2.31. The minimum absolute atomic E-state index is 0.134. The highest BCUT2D eigenvalue weighted by molar-refractivity contribution is 5.78. The molecule has 2 aromatic rings. The predicted molar refractivity (Wildman–Crippen MR) is 67.7 cm³/mol. The van der Waals surface area contributed by atoms with E-state index in [1.54, 1.807) is 19.1 Å². The van der Waals surface area contributed by atoms with Crippen molar-refractivity contribution in [1.29, 1.82) is 0 Å². The number of benzene rings is 2. The number of ether oxygens (including phenoxy) is 1. The fourth-order valence-corrected chi connectivity index (χ4v) is 1.82. The molecule has 20 heavy (non-hydrogen) atoms. The minimum atomic E-state index is -4.81. The molecule has 2 aromatic carbocycles. The van der Waals surface area contributed by atoms with Crippen LogP contribution in [0.2, 0.25) is 0 Å². The van der Waals surface area contributed by atoms with Gasteiger partial charge in [-0.1, -0.05) is 18.2 Å². The number of nitrogen functional groups attached to an aromatic ring is 1. The van der Waals surface area contributed by atoms with Gasteiger partial charge in [0.15, 0.2) is 0 Å². The predicted octanol–water partition coefficient (Wildman–Crippen LogP) is 4.28. The summed E-state index contributed by atoms with van der Waals surface area (Å²) in [5, 5.41) is 0. The van der Waals surface area contributed by atoms with Gasteiger partial charge in [-0.15, -0.1) is 13.2 Å². The van der Waals surface area contributed by atoms with Crippen molar-refractivity contribution in [3.63, 3.8) is 0 Å². The first kappa shape index (κ1) is 14.2. The van der Waals surface area contributed by atoms with E-state index in [4.69, 9.17) is 5.73 Å². The molecule has 0 bridgehead atoms. The molecule has 0 saturated carbocycles. The number of hydrogen-bond acceptors (Lipinski definition) is 2. The molecule has 6 heteroatoms. The Morgan fingerprint density at radius 1 is 1.05 bits per heavy atom. The van der Waals surface area contributed by atoms with E-state index < -0.39 is 17.9 Å². The zero-order chi connectivity index (χ0) is 14.9. The van der Waals surface area contributed by atoms with Crippen LogP contribution in [0.5, 0.6) is 5.75 Å². The summed E-state index contributed by atoms with van der Waals surface area (Å²) < 4.78 is 54.4. The Morgan fingerprint density at radius 3 is 2.40 bits per heavy atom. The van der Waals surface area contributed by atoms with Gasteiger partial charge in [-0.3, -0.25) is 0 Å². The van der Waals surface area contributed by atoms with Crippen molar-refractivity contribution in [2.45, 2.75) is 13.3 Å². The fraction of sp³-hybridized carbons (Fsp3) is 0.143. The Hall–Kier alpha value is -2.24. The first-order valence-electron chi connectivity index (χ1n) is 5.68. The molecule has 0 unspecified atom stereocenters.